The van der Waals surface area contributed by atoms with E-state index in [0.717, 1.165) is 49.9 Å². The van der Waals surface area contributed by atoms with Gasteiger partial charge in [0.25, 0.3) is 0 Å². The average molecular weight is 303 g/mol. The van der Waals surface area contributed by atoms with E-state index in [2.05, 4.69) is 9.88 Å². The monoisotopic (exact) mass is 303 g/mol. The van der Waals surface area contributed by atoms with Crippen LogP contribution in [0.25, 0.3) is 11.0 Å². The maximum atomic E-state index is 12.2. The first-order chi connectivity index (χ1) is 10.4. The molecule has 0 bridgehead atoms. The smallest absolute Gasteiger partial charge is 0.326 e. The number of hydrogen-bond donors (Lipinski definition) is 2. The van der Waals surface area contributed by atoms with Gasteiger partial charge in [0, 0.05) is 25.7 Å². The summed E-state index contributed by atoms with van der Waals surface area (Å²) in [6.45, 7) is 6.58. The first kappa shape index (κ1) is 15.3. The Morgan fingerprint density at radius 3 is 2.64 bits per heavy atom. The minimum Gasteiger partial charge on any atom is -0.390 e. The highest BCUT2D eigenvalue weighted by Crippen LogP contribution is 2.25. The number of fused-ring (bicyclic) bond motifs is 1. The lowest BCUT2D eigenvalue weighted by Crippen LogP contribution is -2.39. The molecule has 1 aromatic heterocycles. The lowest BCUT2D eigenvalue weighted by Gasteiger charge is -2.33. The number of imidazole rings is 1. The van der Waals surface area contributed by atoms with Crippen LogP contribution in [-0.4, -0.2) is 44.8 Å². The van der Waals surface area contributed by atoms with E-state index in [9.17, 15) is 9.90 Å². The molecule has 5 nitrogen and oxygen atoms in total. The third-order valence-electron chi connectivity index (χ3n) is 4.59. The second-order valence-electron chi connectivity index (χ2n) is 6.95. The Hall–Kier alpha value is -1.59. The number of piperidine rings is 1. The van der Waals surface area contributed by atoms with Gasteiger partial charge in [-0.25, -0.2) is 4.79 Å². The summed E-state index contributed by atoms with van der Waals surface area (Å²) < 4.78 is 1.92. The first-order valence-corrected chi connectivity index (χ1v) is 8.08. The second-order valence-corrected chi connectivity index (χ2v) is 6.95. The topological polar surface area (TPSA) is 61.3 Å². The van der Waals surface area contributed by atoms with Crippen molar-refractivity contribution in [3.8, 4) is 0 Å². The van der Waals surface area contributed by atoms with Crippen molar-refractivity contribution in [2.24, 2.45) is 0 Å². The minimum atomic E-state index is -0.607. The van der Waals surface area contributed by atoms with Gasteiger partial charge in [0.15, 0.2) is 0 Å². The number of benzene rings is 1. The number of hydrogen-bond acceptors (Lipinski definition) is 3. The average Bonchev–Trinajstić information content (AvgIpc) is 2.81. The van der Waals surface area contributed by atoms with Crippen molar-refractivity contribution in [3.63, 3.8) is 0 Å². The molecule has 0 unspecified atom stereocenters. The standard InChI is InChI=1S/C17H25N3O2/c1-17(2,22)9-12-19-10-7-13(8-11-19)20-15-6-4-3-5-14(15)18-16(20)21/h3-6,13,22H,7-12H2,1-2H3,(H,18,21). The highest BCUT2D eigenvalue weighted by Gasteiger charge is 2.24. The summed E-state index contributed by atoms with van der Waals surface area (Å²) >= 11 is 0. The minimum absolute atomic E-state index is 0.00357. The highest BCUT2D eigenvalue weighted by molar-refractivity contribution is 5.75. The predicted octanol–water partition coefficient (Wildman–Crippen LogP) is 2.13. The third-order valence-corrected chi connectivity index (χ3v) is 4.59. The van der Waals surface area contributed by atoms with Crippen LogP contribution in [-0.2, 0) is 0 Å². The molecule has 5 heteroatoms. The Balaban J connectivity index is 1.68. The molecule has 0 aliphatic carbocycles. The molecule has 0 atom stereocenters. The second kappa shape index (κ2) is 5.89. The van der Waals surface area contributed by atoms with Gasteiger partial charge in [-0.1, -0.05) is 12.1 Å². The molecule has 2 N–H and O–H groups in total. The van der Waals surface area contributed by atoms with Crippen LogP contribution < -0.4 is 5.69 Å². The van der Waals surface area contributed by atoms with Crippen molar-refractivity contribution in [2.75, 3.05) is 19.6 Å². The van der Waals surface area contributed by atoms with Crippen LogP contribution in [0, 0.1) is 0 Å². The van der Waals surface area contributed by atoms with Crippen molar-refractivity contribution in [1.29, 1.82) is 0 Å². The molecule has 1 saturated heterocycles. The molecule has 0 saturated carbocycles. The number of H-pyrrole nitrogens is 1. The number of aliphatic hydroxyl groups is 1. The molecule has 120 valence electrons. The number of rotatable bonds is 4. The molecule has 3 rings (SSSR count). The zero-order valence-corrected chi connectivity index (χ0v) is 13.4. The van der Waals surface area contributed by atoms with E-state index in [1.54, 1.807) is 0 Å². The summed E-state index contributed by atoms with van der Waals surface area (Å²) in [5.41, 5.74) is 1.31. The number of aromatic amines is 1. The Morgan fingerprint density at radius 2 is 1.95 bits per heavy atom. The molecule has 1 aliphatic heterocycles. The van der Waals surface area contributed by atoms with Crippen LogP contribution in [0.15, 0.2) is 29.1 Å². The fourth-order valence-electron chi connectivity index (χ4n) is 3.27. The normalized spacial score (nSPS) is 18.1. The predicted molar refractivity (Wildman–Crippen MR) is 88.2 cm³/mol. The Kier molecular flexibility index (Phi) is 4.10. The van der Waals surface area contributed by atoms with Gasteiger partial charge in [-0.2, -0.15) is 0 Å². The Labute approximate surface area is 130 Å². The number of likely N-dealkylation sites (tertiary alicyclic amines) is 1. The lowest BCUT2D eigenvalue weighted by molar-refractivity contribution is 0.0525. The van der Waals surface area contributed by atoms with Crippen LogP contribution in [0.5, 0.6) is 0 Å². The van der Waals surface area contributed by atoms with Crippen LogP contribution in [0.1, 0.15) is 39.2 Å². The van der Waals surface area contributed by atoms with E-state index < -0.39 is 5.60 Å². The molecule has 1 aliphatic rings. The van der Waals surface area contributed by atoms with Gasteiger partial charge in [0.2, 0.25) is 0 Å². The first-order valence-electron chi connectivity index (χ1n) is 8.08. The molecule has 2 heterocycles. The Morgan fingerprint density at radius 1 is 1.27 bits per heavy atom. The van der Waals surface area contributed by atoms with Gasteiger partial charge in [-0.05, 0) is 45.2 Å². The van der Waals surface area contributed by atoms with Crippen LogP contribution >= 0.6 is 0 Å². The van der Waals surface area contributed by atoms with Gasteiger partial charge in [-0.15, -0.1) is 0 Å². The molecule has 0 radical (unpaired) electrons. The van der Waals surface area contributed by atoms with Crippen molar-refractivity contribution in [1.82, 2.24) is 14.5 Å². The summed E-state index contributed by atoms with van der Waals surface area (Å²) in [5, 5.41) is 9.83. The van der Waals surface area contributed by atoms with E-state index in [-0.39, 0.29) is 11.7 Å². The maximum Gasteiger partial charge on any atom is 0.326 e. The molecular formula is C17H25N3O2. The van der Waals surface area contributed by atoms with E-state index in [4.69, 9.17) is 0 Å². The lowest BCUT2D eigenvalue weighted by atomic mass is 10.0. The largest absolute Gasteiger partial charge is 0.390 e. The molecule has 1 fully saturated rings. The quantitative estimate of drug-likeness (QED) is 0.909. The molecule has 1 aromatic carbocycles. The third kappa shape index (κ3) is 3.25. The SMILES string of the molecule is CC(C)(O)CCN1CCC(n2c(=O)[nH]c3ccccc32)CC1. The van der Waals surface area contributed by atoms with Crippen molar-refractivity contribution in [3.05, 3.63) is 34.7 Å². The maximum absolute atomic E-state index is 12.2. The van der Waals surface area contributed by atoms with Gasteiger partial charge in [-0.3, -0.25) is 4.57 Å². The molecule has 0 spiro atoms. The van der Waals surface area contributed by atoms with Gasteiger partial charge in [0.1, 0.15) is 0 Å². The van der Waals surface area contributed by atoms with E-state index in [0.29, 0.717) is 0 Å². The van der Waals surface area contributed by atoms with E-state index in [1.165, 1.54) is 0 Å². The van der Waals surface area contributed by atoms with Crippen LogP contribution in [0.2, 0.25) is 0 Å². The summed E-state index contributed by atoms with van der Waals surface area (Å²) in [5.74, 6) is 0. The fourth-order valence-corrected chi connectivity index (χ4v) is 3.27. The number of nitrogens with zero attached hydrogens (tertiary/aromatic N) is 2. The summed E-state index contributed by atoms with van der Waals surface area (Å²) in [7, 11) is 0. The zero-order valence-electron chi connectivity index (χ0n) is 13.4. The highest BCUT2D eigenvalue weighted by atomic mass is 16.3. The van der Waals surface area contributed by atoms with Crippen LogP contribution in [0.3, 0.4) is 0 Å². The van der Waals surface area contributed by atoms with Gasteiger partial charge < -0.3 is 15.0 Å². The number of aromatic nitrogens is 2. The number of para-hydroxylation sites is 2. The molecule has 2 aromatic rings. The molecule has 0 amide bonds. The summed E-state index contributed by atoms with van der Waals surface area (Å²) in [4.78, 5) is 17.6. The Bertz CT molecular complexity index is 688. The van der Waals surface area contributed by atoms with Gasteiger partial charge >= 0.3 is 5.69 Å². The van der Waals surface area contributed by atoms with Crippen LogP contribution in [0.4, 0.5) is 0 Å². The fraction of sp³-hybridized carbons (Fsp3) is 0.588. The van der Waals surface area contributed by atoms with E-state index >= 15 is 0 Å². The summed E-state index contributed by atoms with van der Waals surface area (Å²) in [6.07, 6.45) is 2.74. The zero-order chi connectivity index (χ0) is 15.7. The van der Waals surface area contributed by atoms with Gasteiger partial charge in [0.05, 0.1) is 16.6 Å². The summed E-state index contributed by atoms with van der Waals surface area (Å²) in [6, 6.07) is 8.15. The molecule has 22 heavy (non-hydrogen) atoms. The van der Waals surface area contributed by atoms with Crippen molar-refractivity contribution >= 4 is 11.0 Å². The molecular weight excluding hydrogens is 278 g/mol. The van der Waals surface area contributed by atoms with Crippen molar-refractivity contribution < 1.29 is 5.11 Å². The number of nitrogens with one attached hydrogen (secondary N) is 1. The van der Waals surface area contributed by atoms with Crippen molar-refractivity contribution in [2.45, 2.75) is 44.8 Å². The van der Waals surface area contributed by atoms with E-state index in [1.807, 2.05) is 42.7 Å².